The number of hydrogen-bond acceptors (Lipinski definition) is 4. The van der Waals surface area contributed by atoms with Crippen LogP contribution in [-0.2, 0) is 22.0 Å². The molecular weight excluding hydrogens is 338 g/mol. The Morgan fingerprint density at radius 1 is 1.12 bits per heavy atom. The lowest BCUT2D eigenvalue weighted by atomic mass is 9.86. The van der Waals surface area contributed by atoms with E-state index in [0.29, 0.717) is 5.56 Å². The summed E-state index contributed by atoms with van der Waals surface area (Å²) in [6.45, 7) is 3.54. The molecular formula is C18H17N3O3S. The number of sulfonamides is 1. The lowest BCUT2D eigenvalue weighted by Crippen LogP contribution is -2.43. The first-order valence-electron chi connectivity index (χ1n) is 7.69. The molecule has 0 spiro atoms. The molecule has 0 saturated carbocycles. The first kappa shape index (κ1) is 17.0. The fraction of sp³-hybridized carbons (Fsp3) is 0.222. The number of fused-ring (bicyclic) bond motifs is 1. The van der Waals surface area contributed by atoms with E-state index in [1.165, 1.54) is 6.07 Å². The Morgan fingerprint density at radius 2 is 1.76 bits per heavy atom. The van der Waals surface area contributed by atoms with Crippen molar-refractivity contribution in [2.24, 2.45) is 0 Å². The summed E-state index contributed by atoms with van der Waals surface area (Å²) in [5, 5.41) is 11.8. The second kappa shape index (κ2) is 5.90. The van der Waals surface area contributed by atoms with Gasteiger partial charge in [-0.05, 0) is 37.1 Å². The van der Waals surface area contributed by atoms with Crippen molar-refractivity contribution in [1.82, 2.24) is 4.31 Å². The van der Waals surface area contributed by atoms with Gasteiger partial charge in [-0.25, -0.2) is 17.5 Å². The van der Waals surface area contributed by atoms with Gasteiger partial charge in [-0.15, -0.1) is 0 Å². The van der Waals surface area contributed by atoms with E-state index >= 15 is 0 Å². The largest absolute Gasteiger partial charge is 0.336 e. The van der Waals surface area contributed by atoms with Gasteiger partial charge in [-0.3, -0.25) is 0 Å². The molecule has 7 heteroatoms. The molecule has 0 radical (unpaired) electrons. The number of nitrogens with zero attached hydrogens (tertiary/aromatic N) is 2. The van der Waals surface area contributed by atoms with Crippen molar-refractivity contribution in [3.63, 3.8) is 0 Å². The lowest BCUT2D eigenvalue weighted by Gasteiger charge is -2.28. The number of anilines is 1. The van der Waals surface area contributed by atoms with Crippen molar-refractivity contribution in [3.05, 3.63) is 59.7 Å². The Bertz CT molecular complexity index is 973. The predicted octanol–water partition coefficient (Wildman–Crippen LogP) is 3.22. The Balaban J connectivity index is 1.91. The van der Waals surface area contributed by atoms with E-state index in [-0.39, 0.29) is 17.1 Å². The van der Waals surface area contributed by atoms with Crippen molar-refractivity contribution in [1.29, 1.82) is 5.26 Å². The maximum Gasteiger partial charge on any atom is 0.336 e. The number of rotatable bonds is 3. The molecule has 0 aromatic heterocycles. The molecule has 128 valence electrons. The lowest BCUT2D eigenvalue weighted by molar-refractivity contribution is 0.233. The molecule has 0 fully saturated rings. The van der Waals surface area contributed by atoms with Crippen LogP contribution in [-0.4, -0.2) is 18.8 Å². The van der Waals surface area contributed by atoms with Crippen LogP contribution in [0.25, 0.3) is 0 Å². The second-order valence-electron chi connectivity index (χ2n) is 6.37. The fourth-order valence-corrected chi connectivity index (χ4v) is 4.08. The van der Waals surface area contributed by atoms with Gasteiger partial charge in [0, 0.05) is 0 Å². The highest BCUT2D eigenvalue weighted by Gasteiger charge is 2.36. The van der Waals surface area contributed by atoms with Gasteiger partial charge in [0.05, 0.1) is 23.7 Å². The monoisotopic (exact) mass is 355 g/mol. The topological polar surface area (TPSA) is 90.3 Å². The zero-order chi connectivity index (χ0) is 18.2. The number of amides is 2. The molecule has 0 unspecified atom stereocenters. The third-order valence-electron chi connectivity index (χ3n) is 4.20. The van der Waals surface area contributed by atoms with Crippen LogP contribution in [0.5, 0.6) is 0 Å². The second-order valence-corrected chi connectivity index (χ2v) is 8.20. The predicted molar refractivity (Wildman–Crippen MR) is 93.3 cm³/mol. The standard InChI is InChI=1S/C18H17N3O3S/c1-18(2,12-19)14-9-7-13(8-10-14)11-21-17(22)20-15-5-3-4-6-16(15)25(21,23)24/h3-10H,11H2,1-2H3,(H,20,22). The van der Waals surface area contributed by atoms with E-state index in [0.717, 1.165) is 9.87 Å². The van der Waals surface area contributed by atoms with Gasteiger partial charge in [0.2, 0.25) is 0 Å². The highest BCUT2D eigenvalue weighted by atomic mass is 32.2. The van der Waals surface area contributed by atoms with E-state index < -0.39 is 21.5 Å². The summed E-state index contributed by atoms with van der Waals surface area (Å²) >= 11 is 0. The summed E-state index contributed by atoms with van der Waals surface area (Å²) in [5.74, 6) is 0. The molecule has 1 N–H and O–H groups in total. The minimum atomic E-state index is -3.90. The Labute approximate surface area is 146 Å². The van der Waals surface area contributed by atoms with Gasteiger partial charge in [0.1, 0.15) is 4.90 Å². The Kier molecular flexibility index (Phi) is 4.01. The highest BCUT2D eigenvalue weighted by molar-refractivity contribution is 7.90. The van der Waals surface area contributed by atoms with Crippen molar-refractivity contribution in [2.75, 3.05) is 5.32 Å². The molecule has 0 saturated heterocycles. The van der Waals surface area contributed by atoms with Crippen molar-refractivity contribution >= 4 is 21.7 Å². The zero-order valence-electron chi connectivity index (χ0n) is 13.9. The van der Waals surface area contributed by atoms with E-state index in [4.69, 9.17) is 0 Å². The number of carbonyl (C=O) groups is 1. The molecule has 6 nitrogen and oxygen atoms in total. The quantitative estimate of drug-likeness (QED) is 0.915. The SMILES string of the molecule is CC(C)(C#N)c1ccc(CN2C(=O)Nc3ccccc3S2(=O)=O)cc1. The maximum absolute atomic E-state index is 12.7. The van der Waals surface area contributed by atoms with Gasteiger partial charge >= 0.3 is 6.03 Å². The van der Waals surface area contributed by atoms with Crippen LogP contribution in [0.2, 0.25) is 0 Å². The van der Waals surface area contributed by atoms with Crippen LogP contribution in [0.3, 0.4) is 0 Å². The van der Waals surface area contributed by atoms with Gasteiger partial charge in [-0.1, -0.05) is 36.4 Å². The molecule has 2 aromatic carbocycles. The van der Waals surface area contributed by atoms with Crippen molar-refractivity contribution in [3.8, 4) is 6.07 Å². The van der Waals surface area contributed by atoms with E-state index in [9.17, 15) is 18.5 Å². The summed E-state index contributed by atoms with van der Waals surface area (Å²) < 4.78 is 26.2. The van der Waals surface area contributed by atoms with Crippen LogP contribution in [0.15, 0.2) is 53.4 Å². The van der Waals surface area contributed by atoms with E-state index in [2.05, 4.69) is 11.4 Å². The molecule has 0 bridgehead atoms. The number of benzene rings is 2. The average molecular weight is 355 g/mol. The van der Waals surface area contributed by atoms with Crippen LogP contribution in [0, 0.1) is 11.3 Å². The number of urea groups is 1. The Hall–Kier alpha value is -2.85. The minimum absolute atomic E-state index is 0.0736. The van der Waals surface area contributed by atoms with Crippen molar-refractivity contribution < 1.29 is 13.2 Å². The van der Waals surface area contributed by atoms with Crippen LogP contribution >= 0.6 is 0 Å². The third-order valence-corrected chi connectivity index (χ3v) is 5.99. The summed E-state index contributed by atoms with van der Waals surface area (Å²) in [6, 6.07) is 14.9. The molecule has 1 aliphatic rings. The first-order chi connectivity index (χ1) is 11.8. The number of para-hydroxylation sites is 1. The number of hydrogen-bond donors (Lipinski definition) is 1. The smallest absolute Gasteiger partial charge is 0.306 e. The summed E-state index contributed by atoms with van der Waals surface area (Å²) in [4.78, 5) is 12.3. The molecule has 2 amide bonds. The van der Waals surface area contributed by atoms with E-state index in [1.54, 1.807) is 42.5 Å². The molecule has 1 aliphatic heterocycles. The molecule has 0 atom stereocenters. The normalized spacial score (nSPS) is 15.9. The third kappa shape index (κ3) is 2.96. The number of nitriles is 1. The molecule has 1 heterocycles. The fourth-order valence-electron chi connectivity index (χ4n) is 2.61. The Morgan fingerprint density at radius 3 is 2.40 bits per heavy atom. The average Bonchev–Trinajstić information content (AvgIpc) is 2.59. The summed E-state index contributed by atoms with van der Waals surface area (Å²) in [7, 11) is -3.90. The molecule has 2 aromatic rings. The van der Waals surface area contributed by atoms with Crippen LogP contribution in [0.4, 0.5) is 10.5 Å². The van der Waals surface area contributed by atoms with Gasteiger partial charge in [0.25, 0.3) is 10.0 Å². The minimum Gasteiger partial charge on any atom is -0.306 e. The van der Waals surface area contributed by atoms with Gasteiger partial charge in [-0.2, -0.15) is 5.26 Å². The molecule has 3 rings (SSSR count). The summed E-state index contributed by atoms with van der Waals surface area (Å²) in [6.07, 6.45) is 0. The van der Waals surface area contributed by atoms with Crippen LogP contribution in [0.1, 0.15) is 25.0 Å². The number of nitrogens with one attached hydrogen (secondary N) is 1. The molecule has 0 aliphatic carbocycles. The number of carbonyl (C=O) groups excluding carboxylic acids is 1. The van der Waals surface area contributed by atoms with Crippen LogP contribution < -0.4 is 5.32 Å². The first-order valence-corrected chi connectivity index (χ1v) is 9.13. The highest BCUT2D eigenvalue weighted by Crippen LogP contribution is 2.31. The van der Waals surface area contributed by atoms with Gasteiger partial charge in [0.15, 0.2) is 0 Å². The zero-order valence-corrected chi connectivity index (χ0v) is 14.7. The van der Waals surface area contributed by atoms with Gasteiger partial charge < -0.3 is 5.32 Å². The molecule has 25 heavy (non-hydrogen) atoms. The summed E-state index contributed by atoms with van der Waals surface area (Å²) in [5.41, 5.74) is 1.15. The maximum atomic E-state index is 12.7. The van der Waals surface area contributed by atoms with E-state index in [1.807, 2.05) is 13.8 Å². The van der Waals surface area contributed by atoms with Crippen molar-refractivity contribution in [2.45, 2.75) is 30.7 Å².